The summed E-state index contributed by atoms with van der Waals surface area (Å²) in [5.41, 5.74) is 3.44. The number of anilines is 4. The first-order valence-corrected chi connectivity index (χ1v) is 14.5. The predicted molar refractivity (Wildman–Crippen MR) is 139 cm³/mol. The van der Waals surface area contributed by atoms with Crippen LogP contribution in [0.1, 0.15) is 5.56 Å². The summed E-state index contributed by atoms with van der Waals surface area (Å²) in [5.74, 6) is -1.81. The average Bonchev–Trinajstić information content (AvgIpc) is 3.19. The lowest BCUT2D eigenvalue weighted by molar-refractivity contribution is 0.427. The molecule has 1 N–H and O–H groups in total. The van der Waals surface area contributed by atoms with Gasteiger partial charge in [-0.1, -0.05) is 4.48 Å². The lowest BCUT2D eigenvalue weighted by Crippen LogP contribution is -2.38. The quantitative estimate of drug-likeness (QED) is 0.300. The van der Waals surface area contributed by atoms with E-state index in [2.05, 4.69) is 9.97 Å². The molecule has 0 fully saturated rings. The molecule has 0 bridgehead atoms. The highest BCUT2D eigenvalue weighted by Gasteiger charge is 2.33. The molecule has 4 aromatic rings. The SMILES string of the molecule is Cn1cc2c3c(c[nH]c3c1=O)CN(c1ncc(F)cc1F)c1cc3c(cc1-2)N(CP(C)(C)=O)CCN3F. The van der Waals surface area contributed by atoms with Gasteiger partial charge in [0, 0.05) is 48.6 Å². The molecule has 192 valence electrons. The highest BCUT2D eigenvalue weighted by molar-refractivity contribution is 7.62. The molecule has 3 aromatic heterocycles. The Morgan fingerprint density at radius 1 is 1.08 bits per heavy atom. The third-order valence-electron chi connectivity index (χ3n) is 6.81. The van der Waals surface area contributed by atoms with Gasteiger partial charge >= 0.3 is 0 Å². The van der Waals surface area contributed by atoms with Crippen molar-refractivity contribution in [1.82, 2.24) is 14.5 Å². The van der Waals surface area contributed by atoms with Crippen molar-refractivity contribution < 1.29 is 17.8 Å². The smallest absolute Gasteiger partial charge is 0.274 e. The number of pyridine rings is 2. The van der Waals surface area contributed by atoms with Crippen LogP contribution in [-0.2, 0) is 18.2 Å². The van der Waals surface area contributed by atoms with E-state index in [0.717, 1.165) is 12.3 Å². The summed E-state index contributed by atoms with van der Waals surface area (Å²) >= 11 is 0. The second-order valence-electron chi connectivity index (χ2n) is 9.99. The molecule has 0 aliphatic carbocycles. The molecular weight excluding hydrogens is 504 g/mol. The first-order valence-electron chi connectivity index (χ1n) is 11.7. The highest BCUT2D eigenvalue weighted by Crippen LogP contribution is 2.50. The van der Waals surface area contributed by atoms with Gasteiger partial charge in [-0.15, -0.1) is 0 Å². The normalized spacial score (nSPS) is 15.1. The maximum atomic E-state index is 15.2. The van der Waals surface area contributed by atoms with Gasteiger partial charge in [0.25, 0.3) is 5.56 Å². The Labute approximate surface area is 210 Å². The number of aromatic nitrogens is 3. The Hall–Kier alpha value is -3.72. The molecule has 8 nitrogen and oxygen atoms in total. The molecule has 0 atom stereocenters. The molecule has 2 aliphatic rings. The number of H-pyrrole nitrogens is 1. The summed E-state index contributed by atoms with van der Waals surface area (Å²) < 4.78 is 58.2. The number of fused-ring (bicyclic) bond motifs is 3. The van der Waals surface area contributed by atoms with E-state index in [9.17, 15) is 13.8 Å². The predicted octanol–water partition coefficient (Wildman–Crippen LogP) is 4.95. The van der Waals surface area contributed by atoms with Crippen molar-refractivity contribution in [2.45, 2.75) is 6.54 Å². The molecule has 1 aromatic carbocycles. The Morgan fingerprint density at radius 3 is 2.59 bits per heavy atom. The van der Waals surface area contributed by atoms with Crippen LogP contribution in [-0.4, -0.2) is 47.2 Å². The van der Waals surface area contributed by atoms with Gasteiger partial charge in [0.15, 0.2) is 11.6 Å². The van der Waals surface area contributed by atoms with Crippen LogP contribution in [0.2, 0.25) is 0 Å². The van der Waals surface area contributed by atoms with E-state index < -0.39 is 18.8 Å². The van der Waals surface area contributed by atoms with E-state index >= 15 is 8.87 Å². The number of rotatable bonds is 3. The number of hydrogen-bond acceptors (Lipinski definition) is 6. The number of benzene rings is 1. The third kappa shape index (κ3) is 3.80. The second-order valence-corrected chi connectivity index (χ2v) is 13.4. The Kier molecular flexibility index (Phi) is 5.21. The van der Waals surface area contributed by atoms with Gasteiger partial charge in [-0.25, -0.2) is 18.9 Å². The summed E-state index contributed by atoms with van der Waals surface area (Å²) in [5, 5.41) is 1.29. The standard InChI is InChI=1S/C25H24F3N6O2P/c1-31-12-17-16-7-20-21(34(28)5-4-32(20)13-37(2,3)36)8-19(16)33(24-18(27)6-15(26)10-30-24)11-14-9-29-23(22(14)17)25(31)35/h6-10,12,29H,4-5,11,13H2,1-3H3. The fraction of sp³-hybridized carbons (Fsp3) is 0.280. The van der Waals surface area contributed by atoms with Gasteiger partial charge in [-0.3, -0.25) is 4.79 Å². The van der Waals surface area contributed by atoms with E-state index in [1.807, 2.05) is 4.90 Å². The summed E-state index contributed by atoms with van der Waals surface area (Å²) in [6, 6.07) is 4.16. The molecule has 0 saturated carbocycles. The molecule has 0 radical (unpaired) electrons. The van der Waals surface area contributed by atoms with Crippen LogP contribution in [0.3, 0.4) is 0 Å². The zero-order chi connectivity index (χ0) is 26.2. The number of aromatic amines is 1. The van der Waals surface area contributed by atoms with Crippen molar-refractivity contribution >= 4 is 40.9 Å². The first kappa shape index (κ1) is 23.7. The van der Waals surface area contributed by atoms with E-state index in [0.29, 0.717) is 50.6 Å². The molecule has 12 heteroatoms. The fourth-order valence-electron chi connectivity index (χ4n) is 5.27. The second kappa shape index (κ2) is 8.14. The summed E-state index contributed by atoms with van der Waals surface area (Å²) in [6.45, 7) is 3.89. The van der Waals surface area contributed by atoms with Gasteiger partial charge in [-0.2, -0.15) is 0 Å². The van der Waals surface area contributed by atoms with Crippen molar-refractivity contribution in [1.29, 1.82) is 0 Å². The Balaban J connectivity index is 1.68. The average molecular weight is 528 g/mol. The largest absolute Gasteiger partial charge is 0.361 e. The van der Waals surface area contributed by atoms with E-state index in [-0.39, 0.29) is 36.4 Å². The fourth-order valence-corrected chi connectivity index (χ4v) is 6.39. The molecule has 0 unspecified atom stereocenters. The van der Waals surface area contributed by atoms with E-state index in [1.54, 1.807) is 49.8 Å². The molecule has 0 spiro atoms. The number of aryl methyl sites for hydroxylation is 1. The summed E-state index contributed by atoms with van der Waals surface area (Å²) in [7, 11) is -0.851. The van der Waals surface area contributed by atoms with E-state index in [1.165, 1.54) is 4.57 Å². The number of nitrogens with zero attached hydrogens (tertiary/aromatic N) is 5. The zero-order valence-corrected chi connectivity index (χ0v) is 21.3. The minimum atomic E-state index is -2.49. The topological polar surface area (TPSA) is 77.5 Å². The Bertz CT molecular complexity index is 1690. The van der Waals surface area contributed by atoms with Gasteiger partial charge < -0.3 is 23.9 Å². The van der Waals surface area contributed by atoms with Crippen molar-refractivity contribution in [3.63, 3.8) is 0 Å². The van der Waals surface area contributed by atoms with Crippen LogP contribution >= 0.6 is 7.14 Å². The van der Waals surface area contributed by atoms with Crippen LogP contribution in [0.4, 0.5) is 36.1 Å². The maximum Gasteiger partial charge on any atom is 0.274 e. The van der Waals surface area contributed by atoms with Gasteiger partial charge in [0.1, 0.15) is 18.5 Å². The lowest BCUT2D eigenvalue weighted by Gasteiger charge is -2.37. The van der Waals surface area contributed by atoms with Crippen molar-refractivity contribution in [2.24, 2.45) is 7.05 Å². The maximum absolute atomic E-state index is 15.2. The van der Waals surface area contributed by atoms with Crippen LogP contribution < -0.4 is 20.5 Å². The van der Waals surface area contributed by atoms with E-state index in [4.69, 9.17) is 0 Å². The lowest BCUT2D eigenvalue weighted by atomic mass is 9.98. The number of hydrogen-bond donors (Lipinski definition) is 1. The summed E-state index contributed by atoms with van der Waals surface area (Å²) in [6.07, 6.45) is 4.59. The van der Waals surface area contributed by atoms with Crippen molar-refractivity contribution in [3.05, 3.63) is 64.3 Å². The molecule has 2 aliphatic heterocycles. The van der Waals surface area contributed by atoms with Crippen molar-refractivity contribution in [2.75, 3.05) is 47.6 Å². The van der Waals surface area contributed by atoms with Gasteiger partial charge in [0.2, 0.25) is 0 Å². The molecule has 0 saturated heterocycles. The van der Waals surface area contributed by atoms with Gasteiger partial charge in [-0.05, 0) is 31.0 Å². The monoisotopic (exact) mass is 528 g/mol. The summed E-state index contributed by atoms with van der Waals surface area (Å²) in [4.78, 5) is 23.4. The van der Waals surface area contributed by atoms with Gasteiger partial charge in [0.05, 0.1) is 42.6 Å². The third-order valence-corrected chi connectivity index (χ3v) is 7.84. The minimum absolute atomic E-state index is 0.0687. The zero-order valence-electron chi connectivity index (χ0n) is 20.4. The highest BCUT2D eigenvalue weighted by atomic mass is 31.2. The first-order chi connectivity index (χ1) is 17.5. The molecule has 37 heavy (non-hydrogen) atoms. The molecule has 0 amide bonds. The number of halogens is 3. The molecular formula is C25H24F3N6O2P. The van der Waals surface area contributed by atoms with Crippen LogP contribution in [0.15, 0.2) is 41.6 Å². The Morgan fingerprint density at radius 2 is 1.86 bits per heavy atom. The van der Waals surface area contributed by atoms with Crippen LogP contribution in [0, 0.1) is 11.6 Å². The van der Waals surface area contributed by atoms with Crippen LogP contribution in [0.25, 0.3) is 22.0 Å². The number of nitrogens with one attached hydrogen (secondary N) is 1. The molecule has 6 rings (SSSR count). The van der Waals surface area contributed by atoms with Crippen LogP contribution in [0.5, 0.6) is 0 Å². The minimum Gasteiger partial charge on any atom is -0.361 e. The molecule has 5 heterocycles. The van der Waals surface area contributed by atoms with Crippen molar-refractivity contribution in [3.8, 4) is 11.1 Å².